The molecule has 0 bridgehead atoms. The van der Waals surface area contributed by atoms with Crippen molar-refractivity contribution in [1.29, 1.82) is 0 Å². The van der Waals surface area contributed by atoms with Crippen molar-refractivity contribution in [1.82, 2.24) is 0 Å². The number of carbonyl (C=O) groups excluding carboxylic acids is 1. The largest absolute Gasteiger partial charge is 0.489 e. The van der Waals surface area contributed by atoms with Gasteiger partial charge in [-0.2, -0.15) is 0 Å². The molecule has 2 aromatic carbocycles. The maximum Gasteiger partial charge on any atom is 0.271 e. The summed E-state index contributed by atoms with van der Waals surface area (Å²) in [6.07, 6.45) is 2.29. The second-order valence-corrected chi connectivity index (χ2v) is 8.66. The van der Waals surface area contributed by atoms with Gasteiger partial charge in [0.15, 0.2) is 5.17 Å². The van der Waals surface area contributed by atoms with Crippen molar-refractivity contribution in [3.63, 3.8) is 0 Å². The van der Waals surface area contributed by atoms with Crippen LogP contribution in [-0.2, 0) is 9.53 Å². The highest BCUT2D eigenvalue weighted by Gasteiger charge is 2.35. The molecule has 0 spiro atoms. The van der Waals surface area contributed by atoms with Crippen LogP contribution in [0.1, 0.15) is 24.5 Å². The first kappa shape index (κ1) is 24.3. The number of aryl methyl sites for hydroxylation is 1. The zero-order valence-corrected chi connectivity index (χ0v) is 19.9. The van der Waals surface area contributed by atoms with E-state index in [2.05, 4.69) is 11.9 Å². The van der Waals surface area contributed by atoms with Crippen molar-refractivity contribution < 1.29 is 19.4 Å². The molecule has 0 aliphatic carbocycles. The maximum atomic E-state index is 13.3. The summed E-state index contributed by atoms with van der Waals surface area (Å²) in [7, 11) is 1.51. The van der Waals surface area contributed by atoms with E-state index in [-0.39, 0.29) is 19.1 Å². The zero-order chi connectivity index (χ0) is 23.1. The molecule has 1 fully saturated rings. The molecule has 1 aliphatic rings. The number of para-hydroxylation sites is 1. The number of ether oxygens (including phenoxy) is 2. The third-order valence-electron chi connectivity index (χ3n) is 4.85. The fourth-order valence-electron chi connectivity index (χ4n) is 3.07. The summed E-state index contributed by atoms with van der Waals surface area (Å²) in [6, 6.07) is 13.1. The van der Waals surface area contributed by atoms with Gasteiger partial charge in [0.25, 0.3) is 5.91 Å². The molecule has 1 atom stereocenters. The van der Waals surface area contributed by atoms with E-state index in [9.17, 15) is 9.90 Å². The van der Waals surface area contributed by atoms with E-state index < -0.39 is 6.10 Å². The van der Waals surface area contributed by atoms with E-state index in [0.717, 1.165) is 23.2 Å². The van der Waals surface area contributed by atoms with Gasteiger partial charge in [0.05, 0.1) is 22.2 Å². The van der Waals surface area contributed by atoms with E-state index >= 15 is 0 Å². The third-order valence-corrected chi connectivity index (χ3v) is 6.15. The van der Waals surface area contributed by atoms with E-state index in [1.165, 1.54) is 18.9 Å². The Bertz CT molecular complexity index is 1020. The summed E-state index contributed by atoms with van der Waals surface area (Å²) in [5.74, 6) is 0.378. The van der Waals surface area contributed by atoms with Crippen molar-refractivity contribution in [2.45, 2.75) is 26.4 Å². The first-order valence-electron chi connectivity index (χ1n) is 10.4. The van der Waals surface area contributed by atoms with Crippen LogP contribution in [0.3, 0.4) is 0 Å². The molecule has 170 valence electrons. The van der Waals surface area contributed by atoms with Crippen molar-refractivity contribution in [3.05, 3.63) is 63.5 Å². The number of aliphatic hydroxyl groups excluding tert-OH is 1. The maximum absolute atomic E-state index is 13.3. The Morgan fingerprint density at radius 2 is 2.06 bits per heavy atom. The van der Waals surface area contributed by atoms with E-state index in [0.29, 0.717) is 27.4 Å². The average molecular weight is 475 g/mol. The van der Waals surface area contributed by atoms with Crippen LogP contribution in [0.4, 0.5) is 5.69 Å². The monoisotopic (exact) mass is 474 g/mol. The summed E-state index contributed by atoms with van der Waals surface area (Å²) < 4.78 is 10.7. The minimum atomic E-state index is -0.423. The molecule has 2 aromatic rings. The van der Waals surface area contributed by atoms with Gasteiger partial charge in [0.2, 0.25) is 0 Å². The van der Waals surface area contributed by atoms with Gasteiger partial charge in [-0.1, -0.05) is 42.8 Å². The lowest BCUT2D eigenvalue weighted by atomic mass is 10.1. The predicted molar refractivity (Wildman–Crippen MR) is 132 cm³/mol. The molecule has 0 saturated carbocycles. The van der Waals surface area contributed by atoms with Crippen molar-refractivity contribution >= 4 is 46.2 Å². The smallest absolute Gasteiger partial charge is 0.271 e. The van der Waals surface area contributed by atoms with Gasteiger partial charge in [-0.3, -0.25) is 14.7 Å². The fourth-order valence-corrected chi connectivity index (χ4v) is 4.31. The number of halogens is 1. The Morgan fingerprint density at radius 1 is 1.28 bits per heavy atom. The van der Waals surface area contributed by atoms with E-state index in [1.54, 1.807) is 17.0 Å². The molecule has 1 amide bonds. The molecule has 8 heteroatoms. The third kappa shape index (κ3) is 5.72. The minimum absolute atomic E-state index is 0.110. The summed E-state index contributed by atoms with van der Waals surface area (Å²) in [4.78, 5) is 20.2. The summed E-state index contributed by atoms with van der Waals surface area (Å²) in [5, 5.41) is 10.3. The Balaban J connectivity index is 1.86. The van der Waals surface area contributed by atoms with Crippen LogP contribution in [0.25, 0.3) is 6.08 Å². The Hall–Kier alpha value is -2.32. The van der Waals surface area contributed by atoms with Crippen molar-refractivity contribution in [2.24, 2.45) is 4.99 Å². The predicted octanol–water partition coefficient (Wildman–Crippen LogP) is 4.92. The molecule has 1 heterocycles. The van der Waals surface area contributed by atoms with Crippen LogP contribution in [-0.4, -0.2) is 49.2 Å². The number of hydrogen-bond acceptors (Lipinski definition) is 6. The number of hydrogen-bond donors (Lipinski definition) is 1. The zero-order valence-electron chi connectivity index (χ0n) is 18.4. The Labute approximate surface area is 197 Å². The number of aliphatic imine (C=N–C) groups is 1. The lowest BCUT2D eigenvalue weighted by Gasteiger charge is -2.18. The van der Waals surface area contributed by atoms with Crippen molar-refractivity contribution in [3.8, 4) is 5.75 Å². The van der Waals surface area contributed by atoms with Gasteiger partial charge in [-0.15, -0.1) is 0 Å². The molecule has 1 saturated heterocycles. The van der Waals surface area contributed by atoms with Crippen LogP contribution in [0.2, 0.25) is 5.02 Å². The van der Waals surface area contributed by atoms with Crippen molar-refractivity contribution in [2.75, 3.05) is 31.8 Å². The van der Waals surface area contributed by atoms with Crippen LogP contribution >= 0.6 is 23.4 Å². The quantitative estimate of drug-likeness (QED) is 0.522. The van der Waals surface area contributed by atoms with Gasteiger partial charge in [0, 0.05) is 13.7 Å². The number of nitrogens with zero attached hydrogens (tertiary/aromatic N) is 2. The van der Waals surface area contributed by atoms with Crippen LogP contribution in [0.5, 0.6) is 5.75 Å². The first-order valence-corrected chi connectivity index (χ1v) is 11.6. The number of amides is 1. The average Bonchev–Trinajstić information content (AvgIpc) is 3.09. The molecule has 0 unspecified atom stereocenters. The topological polar surface area (TPSA) is 71.4 Å². The molecule has 3 rings (SSSR count). The lowest BCUT2D eigenvalue weighted by molar-refractivity contribution is -0.113. The summed E-state index contributed by atoms with van der Waals surface area (Å²) in [6.45, 7) is 4.73. The summed E-state index contributed by atoms with van der Waals surface area (Å²) in [5.41, 5.74) is 2.63. The van der Waals surface area contributed by atoms with Crippen LogP contribution in [0, 0.1) is 6.92 Å². The number of anilines is 1. The van der Waals surface area contributed by atoms with Gasteiger partial charge in [-0.25, -0.2) is 0 Å². The second-order valence-electron chi connectivity index (χ2n) is 7.24. The van der Waals surface area contributed by atoms with Crippen LogP contribution < -0.4 is 9.64 Å². The fraction of sp³-hybridized carbons (Fsp3) is 0.333. The molecule has 0 radical (unpaired) electrons. The van der Waals surface area contributed by atoms with Gasteiger partial charge in [-0.05, 0) is 60.5 Å². The molecular weight excluding hydrogens is 448 g/mol. The first-order chi connectivity index (χ1) is 15.5. The normalized spacial score (nSPS) is 17.4. The highest BCUT2D eigenvalue weighted by Crippen LogP contribution is 2.38. The number of aliphatic hydroxyl groups is 1. The molecule has 6 nitrogen and oxygen atoms in total. The highest BCUT2D eigenvalue weighted by molar-refractivity contribution is 8.19. The number of carbonyl (C=O) groups is 1. The number of rotatable bonds is 9. The summed E-state index contributed by atoms with van der Waals surface area (Å²) >= 11 is 7.74. The van der Waals surface area contributed by atoms with Gasteiger partial charge in [0.1, 0.15) is 18.5 Å². The number of methoxy groups -OCH3 is 1. The minimum Gasteiger partial charge on any atom is -0.489 e. The van der Waals surface area contributed by atoms with E-state index in [4.69, 9.17) is 21.1 Å². The lowest BCUT2D eigenvalue weighted by Crippen LogP contribution is -2.29. The number of thioether (sulfide) groups is 1. The van der Waals surface area contributed by atoms with E-state index in [1.807, 2.05) is 43.3 Å². The molecule has 0 aromatic heterocycles. The van der Waals surface area contributed by atoms with Crippen LogP contribution in [0.15, 0.2) is 52.4 Å². The number of amidine groups is 1. The molecule has 1 aliphatic heterocycles. The molecule has 1 N–H and O–H groups in total. The van der Waals surface area contributed by atoms with Gasteiger partial charge < -0.3 is 14.6 Å². The molecular formula is C24H27ClN2O4S. The standard InChI is InChI=1S/C24H27ClN2O4S/c1-4-11-26-24-27(20-8-6-5-7-16(20)2)23(29)22(32-24)13-17-9-10-21(19(25)12-17)31-15-18(14-28)30-3/h5-10,12-13,18,28H,4,11,14-15H2,1-3H3/b22-13-,26-24?/t18-/m1/s1. The van der Waals surface area contributed by atoms with Gasteiger partial charge >= 0.3 is 0 Å². The Morgan fingerprint density at radius 3 is 2.72 bits per heavy atom. The highest BCUT2D eigenvalue weighted by atomic mass is 35.5. The Kier molecular flexibility index (Phi) is 8.75. The second kappa shape index (κ2) is 11.5. The number of benzene rings is 2. The SMILES string of the molecule is CCCN=C1S/C(=C\c2ccc(OC[C@@H](CO)OC)c(Cl)c2)C(=O)N1c1ccccc1C. The molecule has 32 heavy (non-hydrogen) atoms.